The molecule has 0 aliphatic heterocycles. The number of ether oxygens (including phenoxy) is 1. The smallest absolute Gasteiger partial charge is 0.256 e. The Bertz CT molecular complexity index is 1250. The molecule has 0 bridgehead atoms. The maximum atomic E-state index is 14.1. The Labute approximate surface area is 194 Å². The number of nitrogens with one attached hydrogen (secondary N) is 1. The first-order valence-electron chi connectivity index (χ1n) is 10.1. The summed E-state index contributed by atoms with van der Waals surface area (Å²) in [6, 6.07) is 18.9. The molecule has 4 rings (SSSR count). The van der Waals surface area contributed by atoms with Crippen molar-refractivity contribution in [2.75, 3.05) is 5.32 Å². The van der Waals surface area contributed by atoms with Crippen molar-refractivity contribution >= 4 is 23.3 Å². The first-order valence-corrected chi connectivity index (χ1v) is 10.5. The van der Waals surface area contributed by atoms with E-state index >= 15 is 0 Å². The zero-order valence-corrected chi connectivity index (χ0v) is 18.4. The Kier molecular flexibility index (Phi) is 6.70. The Morgan fingerprint density at radius 1 is 1.06 bits per heavy atom. The summed E-state index contributed by atoms with van der Waals surface area (Å²) < 4.78 is 34.2. The second kappa shape index (κ2) is 9.83. The van der Waals surface area contributed by atoms with Crippen LogP contribution in [0, 0.1) is 18.6 Å². The van der Waals surface area contributed by atoms with Gasteiger partial charge in [-0.05, 0) is 61.0 Å². The van der Waals surface area contributed by atoms with E-state index in [-0.39, 0.29) is 24.9 Å². The van der Waals surface area contributed by atoms with Crippen LogP contribution in [0.3, 0.4) is 0 Å². The molecule has 3 aromatic carbocycles. The second-order valence-corrected chi connectivity index (χ2v) is 7.83. The monoisotopic (exact) mass is 467 g/mol. The van der Waals surface area contributed by atoms with Gasteiger partial charge >= 0.3 is 0 Å². The molecule has 1 aromatic heterocycles. The summed E-state index contributed by atoms with van der Waals surface area (Å²) in [5.41, 5.74) is 2.39. The van der Waals surface area contributed by atoms with Crippen LogP contribution in [-0.2, 0) is 13.2 Å². The third-order valence-corrected chi connectivity index (χ3v) is 5.38. The molecule has 0 saturated heterocycles. The number of hydrogen-bond acceptors (Lipinski definition) is 3. The third kappa shape index (κ3) is 5.56. The highest BCUT2D eigenvalue weighted by Crippen LogP contribution is 2.21. The van der Waals surface area contributed by atoms with Gasteiger partial charge in [-0.3, -0.25) is 9.48 Å². The van der Waals surface area contributed by atoms with E-state index < -0.39 is 5.82 Å². The maximum Gasteiger partial charge on any atom is 0.256 e. The molecule has 0 spiro atoms. The summed E-state index contributed by atoms with van der Waals surface area (Å²) in [6.07, 6.45) is 0. The van der Waals surface area contributed by atoms with Crippen LogP contribution in [0.2, 0.25) is 5.02 Å². The number of amides is 1. The Morgan fingerprint density at radius 3 is 2.48 bits per heavy atom. The van der Waals surface area contributed by atoms with Crippen molar-refractivity contribution in [3.63, 3.8) is 0 Å². The Morgan fingerprint density at radius 2 is 1.79 bits per heavy atom. The molecular formula is C25H20ClF2N3O2. The number of carbonyl (C=O) groups excluding carboxylic acids is 1. The van der Waals surface area contributed by atoms with Gasteiger partial charge in [0, 0.05) is 27.9 Å². The predicted molar refractivity (Wildman–Crippen MR) is 123 cm³/mol. The lowest BCUT2D eigenvalue weighted by molar-refractivity contribution is 0.102. The molecule has 0 fully saturated rings. The summed E-state index contributed by atoms with van der Waals surface area (Å²) in [6.45, 7) is 2.25. The second-order valence-electron chi connectivity index (χ2n) is 7.42. The number of carbonyl (C=O) groups is 1. The fraction of sp³-hybridized carbons (Fsp3) is 0.120. The van der Waals surface area contributed by atoms with E-state index in [0.717, 1.165) is 11.3 Å². The molecular weight excluding hydrogens is 448 g/mol. The fourth-order valence-corrected chi connectivity index (χ4v) is 3.43. The normalized spacial score (nSPS) is 10.8. The molecule has 0 aliphatic carbocycles. The molecule has 4 aromatic rings. The van der Waals surface area contributed by atoms with Crippen LogP contribution in [0.5, 0.6) is 5.75 Å². The molecule has 0 radical (unpaired) electrons. The van der Waals surface area contributed by atoms with Crippen LogP contribution in [0.4, 0.5) is 14.6 Å². The highest BCUT2D eigenvalue weighted by Gasteiger charge is 2.13. The number of anilines is 1. The van der Waals surface area contributed by atoms with Gasteiger partial charge in [0.1, 0.15) is 24.0 Å². The molecule has 33 heavy (non-hydrogen) atoms. The third-order valence-electron chi connectivity index (χ3n) is 5.03. The Balaban J connectivity index is 1.38. The van der Waals surface area contributed by atoms with Gasteiger partial charge in [-0.15, -0.1) is 0 Å². The van der Waals surface area contributed by atoms with Crippen molar-refractivity contribution in [1.82, 2.24) is 9.78 Å². The Hall–Kier alpha value is -3.71. The minimum atomic E-state index is -0.411. The van der Waals surface area contributed by atoms with Crippen LogP contribution in [0.1, 0.15) is 27.2 Å². The van der Waals surface area contributed by atoms with Crippen LogP contribution in [-0.4, -0.2) is 15.7 Å². The minimum absolute atomic E-state index is 0.149. The van der Waals surface area contributed by atoms with Crippen molar-refractivity contribution in [2.45, 2.75) is 20.1 Å². The van der Waals surface area contributed by atoms with Gasteiger partial charge in [0.25, 0.3) is 5.91 Å². The van der Waals surface area contributed by atoms with Gasteiger partial charge in [0.05, 0.1) is 6.54 Å². The van der Waals surface area contributed by atoms with E-state index in [1.807, 2.05) is 6.92 Å². The van der Waals surface area contributed by atoms with Crippen molar-refractivity contribution in [3.8, 4) is 5.75 Å². The molecule has 0 saturated carbocycles. The van der Waals surface area contributed by atoms with Crippen molar-refractivity contribution in [3.05, 3.63) is 112 Å². The number of aryl methyl sites for hydroxylation is 1. The van der Waals surface area contributed by atoms with E-state index in [1.54, 1.807) is 59.3 Å². The van der Waals surface area contributed by atoms with Crippen molar-refractivity contribution in [1.29, 1.82) is 0 Å². The summed E-state index contributed by atoms with van der Waals surface area (Å²) in [4.78, 5) is 12.6. The highest BCUT2D eigenvalue weighted by molar-refractivity contribution is 6.31. The van der Waals surface area contributed by atoms with Crippen molar-refractivity contribution in [2.24, 2.45) is 0 Å². The maximum absolute atomic E-state index is 14.1. The van der Waals surface area contributed by atoms with E-state index in [9.17, 15) is 13.6 Å². The van der Waals surface area contributed by atoms with Crippen molar-refractivity contribution < 1.29 is 18.3 Å². The standard InChI is InChI=1S/C25H20ClF2N3O2/c1-16-13-24(30-31(16)14-21-22(26)3-2-4-23(21)28)29-25(32)18-7-5-17(6-8-18)15-33-20-11-9-19(27)10-12-20/h2-13H,14-15H2,1H3,(H,29,30,32). The number of benzene rings is 3. The molecule has 168 valence electrons. The fourth-order valence-electron chi connectivity index (χ4n) is 3.20. The summed E-state index contributed by atoms with van der Waals surface area (Å²) in [5, 5.41) is 7.42. The first kappa shape index (κ1) is 22.5. The summed E-state index contributed by atoms with van der Waals surface area (Å²) in [5.74, 6) is -0.149. The molecule has 0 atom stereocenters. The average Bonchev–Trinajstić information content (AvgIpc) is 3.14. The van der Waals surface area contributed by atoms with E-state index in [4.69, 9.17) is 16.3 Å². The largest absolute Gasteiger partial charge is 0.489 e. The van der Waals surface area contributed by atoms with Gasteiger partial charge in [-0.25, -0.2) is 8.78 Å². The summed E-state index contributed by atoms with van der Waals surface area (Å²) in [7, 11) is 0. The molecule has 1 amide bonds. The van der Waals surface area contributed by atoms with Gasteiger partial charge in [0.15, 0.2) is 5.82 Å². The number of aromatic nitrogens is 2. The SMILES string of the molecule is Cc1cc(NC(=O)c2ccc(COc3ccc(F)cc3)cc2)nn1Cc1c(F)cccc1Cl. The average molecular weight is 468 g/mol. The van der Waals surface area contributed by atoms with Crippen LogP contribution >= 0.6 is 11.6 Å². The van der Waals surface area contributed by atoms with Crippen LogP contribution in [0.15, 0.2) is 72.8 Å². The lowest BCUT2D eigenvalue weighted by Crippen LogP contribution is -2.13. The first-order chi connectivity index (χ1) is 15.9. The highest BCUT2D eigenvalue weighted by atomic mass is 35.5. The zero-order valence-electron chi connectivity index (χ0n) is 17.7. The van der Waals surface area contributed by atoms with E-state index in [1.165, 1.54) is 18.2 Å². The molecule has 0 unspecified atom stereocenters. The van der Waals surface area contributed by atoms with Crippen LogP contribution in [0.25, 0.3) is 0 Å². The number of halogens is 3. The molecule has 1 heterocycles. The number of hydrogen-bond donors (Lipinski definition) is 1. The lowest BCUT2D eigenvalue weighted by atomic mass is 10.1. The zero-order chi connectivity index (χ0) is 23.4. The summed E-state index contributed by atoms with van der Waals surface area (Å²) >= 11 is 6.10. The number of rotatable bonds is 7. The van der Waals surface area contributed by atoms with Crippen LogP contribution < -0.4 is 10.1 Å². The van der Waals surface area contributed by atoms with E-state index in [0.29, 0.717) is 27.7 Å². The molecule has 0 aliphatic rings. The predicted octanol–water partition coefficient (Wildman–Crippen LogP) is 6.00. The van der Waals surface area contributed by atoms with Gasteiger partial charge in [-0.2, -0.15) is 5.10 Å². The lowest BCUT2D eigenvalue weighted by Gasteiger charge is -2.08. The quantitative estimate of drug-likeness (QED) is 0.362. The van der Waals surface area contributed by atoms with Gasteiger partial charge in [-0.1, -0.05) is 29.8 Å². The molecule has 1 N–H and O–H groups in total. The minimum Gasteiger partial charge on any atom is -0.489 e. The molecule has 5 nitrogen and oxygen atoms in total. The van der Waals surface area contributed by atoms with Gasteiger partial charge in [0.2, 0.25) is 0 Å². The number of nitrogens with zero attached hydrogens (tertiary/aromatic N) is 2. The van der Waals surface area contributed by atoms with E-state index in [2.05, 4.69) is 10.4 Å². The molecule has 8 heteroatoms. The van der Waals surface area contributed by atoms with Gasteiger partial charge < -0.3 is 10.1 Å². The topological polar surface area (TPSA) is 56.1 Å².